The van der Waals surface area contributed by atoms with Crippen molar-refractivity contribution in [3.8, 4) is 5.75 Å². The van der Waals surface area contributed by atoms with Gasteiger partial charge in [-0.3, -0.25) is 10.1 Å². The van der Waals surface area contributed by atoms with E-state index in [2.05, 4.69) is 12.2 Å². The first-order valence-corrected chi connectivity index (χ1v) is 7.42. The van der Waals surface area contributed by atoms with Crippen molar-refractivity contribution in [2.24, 2.45) is 0 Å². The lowest BCUT2D eigenvalue weighted by molar-refractivity contribution is -0.385. The van der Waals surface area contributed by atoms with Crippen LogP contribution in [0.1, 0.15) is 33.1 Å². The van der Waals surface area contributed by atoms with Crippen molar-refractivity contribution in [1.82, 2.24) is 0 Å². The van der Waals surface area contributed by atoms with E-state index >= 15 is 0 Å². The van der Waals surface area contributed by atoms with E-state index in [1.807, 2.05) is 6.92 Å². The molecule has 0 aromatic heterocycles. The maximum absolute atomic E-state index is 11.2. The number of unbranched alkanes of at least 4 members (excludes halogenated alkanes) is 1. The molecule has 0 saturated carbocycles. The van der Waals surface area contributed by atoms with Crippen molar-refractivity contribution >= 4 is 11.4 Å². The fourth-order valence-corrected chi connectivity index (χ4v) is 1.79. The lowest BCUT2D eigenvalue weighted by Crippen LogP contribution is -2.11. The molecular weight excluding hydrogens is 272 g/mol. The van der Waals surface area contributed by atoms with Crippen LogP contribution in [0, 0.1) is 10.1 Å². The van der Waals surface area contributed by atoms with Crippen LogP contribution in [0.25, 0.3) is 0 Å². The van der Waals surface area contributed by atoms with Crippen molar-refractivity contribution in [3.05, 3.63) is 28.3 Å². The molecule has 0 bridgehead atoms. The van der Waals surface area contributed by atoms with Gasteiger partial charge >= 0.3 is 5.69 Å². The SMILES string of the molecule is CCCCOCCNc1cccc(OCCC)c1[N+](=O)[O-]. The minimum absolute atomic E-state index is 0.0143. The van der Waals surface area contributed by atoms with Gasteiger partial charge in [-0.15, -0.1) is 0 Å². The molecule has 0 unspecified atom stereocenters. The molecule has 1 aromatic carbocycles. The Kier molecular flexibility index (Phi) is 8.19. The third-order valence-electron chi connectivity index (χ3n) is 2.85. The van der Waals surface area contributed by atoms with E-state index < -0.39 is 4.92 Å². The topological polar surface area (TPSA) is 73.6 Å². The summed E-state index contributed by atoms with van der Waals surface area (Å²) in [6.45, 7) is 6.30. The largest absolute Gasteiger partial charge is 0.487 e. The number of para-hydroxylation sites is 1. The Labute approximate surface area is 125 Å². The Morgan fingerprint density at radius 3 is 2.67 bits per heavy atom. The van der Waals surface area contributed by atoms with Crippen LogP contribution in [0.5, 0.6) is 5.75 Å². The molecule has 1 rings (SSSR count). The van der Waals surface area contributed by atoms with Crippen LogP contribution in [0.15, 0.2) is 18.2 Å². The van der Waals surface area contributed by atoms with Crippen molar-refractivity contribution < 1.29 is 14.4 Å². The van der Waals surface area contributed by atoms with Crippen molar-refractivity contribution in [2.45, 2.75) is 33.1 Å². The van der Waals surface area contributed by atoms with Gasteiger partial charge in [-0.25, -0.2) is 0 Å². The van der Waals surface area contributed by atoms with E-state index in [-0.39, 0.29) is 5.69 Å². The summed E-state index contributed by atoms with van der Waals surface area (Å²) in [4.78, 5) is 10.8. The average molecular weight is 296 g/mol. The van der Waals surface area contributed by atoms with Crippen LogP contribution in [0.4, 0.5) is 11.4 Å². The maximum Gasteiger partial charge on any atom is 0.333 e. The number of hydrogen-bond donors (Lipinski definition) is 1. The number of nitro groups is 1. The van der Waals surface area contributed by atoms with Gasteiger partial charge in [0.1, 0.15) is 5.69 Å². The number of nitrogens with zero attached hydrogens (tertiary/aromatic N) is 1. The van der Waals surface area contributed by atoms with Gasteiger partial charge in [-0.05, 0) is 25.0 Å². The highest BCUT2D eigenvalue weighted by molar-refractivity contribution is 5.68. The first-order valence-electron chi connectivity index (χ1n) is 7.42. The molecule has 118 valence electrons. The third kappa shape index (κ3) is 5.99. The minimum atomic E-state index is -0.411. The monoisotopic (exact) mass is 296 g/mol. The summed E-state index contributed by atoms with van der Waals surface area (Å²) in [6, 6.07) is 5.05. The Balaban J connectivity index is 2.61. The number of rotatable bonds is 11. The van der Waals surface area contributed by atoms with Gasteiger partial charge in [0.2, 0.25) is 0 Å². The lowest BCUT2D eigenvalue weighted by atomic mass is 10.2. The standard InChI is InChI=1S/C15H24N2O4/c1-3-5-11-20-12-9-16-13-7-6-8-14(21-10-4-2)15(13)17(18)19/h6-8,16H,3-5,9-12H2,1-2H3. The van der Waals surface area contributed by atoms with Crippen LogP contribution in [0.3, 0.4) is 0 Å². The number of ether oxygens (including phenoxy) is 2. The van der Waals surface area contributed by atoms with Gasteiger partial charge in [0.25, 0.3) is 0 Å². The van der Waals surface area contributed by atoms with E-state index in [1.54, 1.807) is 18.2 Å². The molecule has 6 nitrogen and oxygen atoms in total. The lowest BCUT2D eigenvalue weighted by Gasteiger charge is -2.11. The van der Waals surface area contributed by atoms with Gasteiger partial charge in [-0.2, -0.15) is 0 Å². The van der Waals surface area contributed by atoms with Crippen LogP contribution in [-0.2, 0) is 4.74 Å². The summed E-state index contributed by atoms with van der Waals surface area (Å²) >= 11 is 0. The van der Waals surface area contributed by atoms with Crippen molar-refractivity contribution in [3.63, 3.8) is 0 Å². The van der Waals surface area contributed by atoms with Gasteiger partial charge in [0, 0.05) is 13.2 Å². The van der Waals surface area contributed by atoms with Crippen LogP contribution in [0.2, 0.25) is 0 Å². The Bertz CT molecular complexity index is 438. The van der Waals surface area contributed by atoms with Gasteiger partial charge in [0.05, 0.1) is 18.1 Å². The molecule has 0 aliphatic rings. The third-order valence-corrected chi connectivity index (χ3v) is 2.85. The van der Waals surface area contributed by atoms with Crippen molar-refractivity contribution in [1.29, 1.82) is 0 Å². The highest BCUT2D eigenvalue weighted by atomic mass is 16.6. The molecular formula is C15H24N2O4. The van der Waals surface area contributed by atoms with E-state index in [0.717, 1.165) is 25.9 Å². The average Bonchev–Trinajstić information content (AvgIpc) is 2.48. The smallest absolute Gasteiger partial charge is 0.333 e. The zero-order valence-corrected chi connectivity index (χ0v) is 12.8. The van der Waals surface area contributed by atoms with E-state index in [9.17, 15) is 10.1 Å². The second kappa shape index (κ2) is 9.99. The summed E-state index contributed by atoms with van der Waals surface area (Å²) in [5.74, 6) is 0.304. The van der Waals surface area contributed by atoms with Gasteiger partial charge in [-0.1, -0.05) is 26.3 Å². The summed E-state index contributed by atoms with van der Waals surface area (Å²) in [5.41, 5.74) is 0.451. The molecule has 0 fully saturated rings. The number of nitro benzene ring substituents is 1. The first kappa shape index (κ1) is 17.2. The molecule has 0 amide bonds. The van der Waals surface area contributed by atoms with E-state index in [0.29, 0.717) is 31.2 Å². The molecule has 0 aliphatic carbocycles. The fraction of sp³-hybridized carbons (Fsp3) is 0.600. The molecule has 0 saturated heterocycles. The minimum Gasteiger partial charge on any atom is -0.487 e. The molecule has 1 aromatic rings. The normalized spacial score (nSPS) is 10.4. The maximum atomic E-state index is 11.2. The summed E-state index contributed by atoms with van der Waals surface area (Å²) < 4.78 is 10.9. The molecule has 1 N–H and O–H groups in total. The van der Waals surface area contributed by atoms with E-state index in [1.165, 1.54) is 0 Å². The number of nitrogens with one attached hydrogen (secondary N) is 1. The summed E-state index contributed by atoms with van der Waals surface area (Å²) in [7, 11) is 0. The van der Waals surface area contributed by atoms with Crippen molar-refractivity contribution in [2.75, 3.05) is 31.7 Å². The second-order valence-corrected chi connectivity index (χ2v) is 4.65. The van der Waals surface area contributed by atoms with Crippen LogP contribution >= 0.6 is 0 Å². The summed E-state index contributed by atoms with van der Waals surface area (Å²) in [5, 5.41) is 14.3. The Morgan fingerprint density at radius 1 is 1.19 bits per heavy atom. The van der Waals surface area contributed by atoms with Crippen LogP contribution < -0.4 is 10.1 Å². The quantitative estimate of drug-likeness (QED) is 0.383. The van der Waals surface area contributed by atoms with Gasteiger partial charge < -0.3 is 14.8 Å². The molecule has 0 atom stereocenters. The Morgan fingerprint density at radius 2 is 2.00 bits per heavy atom. The predicted molar refractivity (Wildman–Crippen MR) is 83.1 cm³/mol. The van der Waals surface area contributed by atoms with Crippen LogP contribution in [-0.4, -0.2) is 31.3 Å². The zero-order chi connectivity index (χ0) is 15.5. The Hall–Kier alpha value is -1.82. The summed E-state index contributed by atoms with van der Waals surface area (Å²) in [6.07, 6.45) is 2.93. The molecule has 0 aliphatic heterocycles. The highest BCUT2D eigenvalue weighted by Crippen LogP contribution is 2.34. The molecule has 0 spiro atoms. The number of anilines is 1. The molecule has 0 heterocycles. The zero-order valence-electron chi connectivity index (χ0n) is 12.8. The number of benzene rings is 1. The molecule has 6 heteroatoms. The second-order valence-electron chi connectivity index (χ2n) is 4.65. The van der Waals surface area contributed by atoms with E-state index in [4.69, 9.17) is 9.47 Å². The fourth-order valence-electron chi connectivity index (χ4n) is 1.79. The molecule has 21 heavy (non-hydrogen) atoms. The van der Waals surface area contributed by atoms with Gasteiger partial charge in [0.15, 0.2) is 5.75 Å². The predicted octanol–water partition coefficient (Wildman–Crippen LogP) is 3.61. The molecule has 0 radical (unpaired) electrons. The highest BCUT2D eigenvalue weighted by Gasteiger charge is 2.20. The first-order chi connectivity index (χ1) is 10.2. The number of hydrogen-bond acceptors (Lipinski definition) is 5.